The van der Waals surface area contributed by atoms with Gasteiger partial charge in [-0.3, -0.25) is 4.79 Å². The van der Waals surface area contributed by atoms with Crippen molar-refractivity contribution in [2.45, 2.75) is 31.6 Å². The van der Waals surface area contributed by atoms with E-state index in [0.29, 0.717) is 11.7 Å². The van der Waals surface area contributed by atoms with Gasteiger partial charge in [0.05, 0.1) is 11.8 Å². The summed E-state index contributed by atoms with van der Waals surface area (Å²) < 4.78 is 14.9. The van der Waals surface area contributed by atoms with Crippen molar-refractivity contribution in [1.29, 1.82) is 0 Å². The first-order valence-electron chi connectivity index (χ1n) is 7.58. The van der Waals surface area contributed by atoms with E-state index >= 15 is 0 Å². The summed E-state index contributed by atoms with van der Waals surface area (Å²) in [5, 5.41) is 8.82. The molecule has 24 heavy (non-hydrogen) atoms. The molecule has 1 heterocycles. The van der Waals surface area contributed by atoms with Crippen molar-refractivity contribution >= 4 is 17.7 Å². The Morgan fingerprint density at radius 2 is 2.08 bits per heavy atom. The van der Waals surface area contributed by atoms with Gasteiger partial charge in [0, 0.05) is 13.6 Å². The number of aryl methyl sites for hydroxylation is 1. The lowest BCUT2D eigenvalue weighted by molar-refractivity contribution is -0.128. The van der Waals surface area contributed by atoms with E-state index in [2.05, 4.69) is 16.8 Å². The van der Waals surface area contributed by atoms with Crippen LogP contribution in [0.15, 0.2) is 42.1 Å². The zero-order valence-electron chi connectivity index (χ0n) is 14.1. The third-order valence-electron chi connectivity index (χ3n) is 3.86. The summed E-state index contributed by atoms with van der Waals surface area (Å²) in [5.41, 5.74) is 0.892. The number of benzene rings is 1. The van der Waals surface area contributed by atoms with Crippen molar-refractivity contribution in [3.8, 4) is 0 Å². The molecule has 1 atom stereocenters. The molecule has 1 aromatic heterocycles. The lowest BCUT2D eigenvalue weighted by Gasteiger charge is -2.25. The van der Waals surface area contributed by atoms with Crippen LogP contribution in [0.3, 0.4) is 0 Å². The van der Waals surface area contributed by atoms with Crippen molar-refractivity contribution in [3.05, 3.63) is 54.1 Å². The maximum Gasteiger partial charge on any atom is 0.233 e. The van der Waals surface area contributed by atoms with Crippen LogP contribution in [0.4, 0.5) is 4.39 Å². The topological polar surface area (TPSA) is 51.0 Å². The van der Waals surface area contributed by atoms with Gasteiger partial charge in [0.25, 0.3) is 0 Å². The second-order valence-corrected chi connectivity index (χ2v) is 6.39. The van der Waals surface area contributed by atoms with Gasteiger partial charge in [0.15, 0.2) is 5.16 Å². The summed E-state index contributed by atoms with van der Waals surface area (Å²) in [6.45, 7) is 8.11. The molecule has 0 aliphatic rings. The number of aromatic nitrogens is 3. The van der Waals surface area contributed by atoms with Gasteiger partial charge in [0.1, 0.15) is 11.6 Å². The molecule has 0 spiro atoms. The highest BCUT2D eigenvalue weighted by atomic mass is 32.2. The number of hydrogen-bond donors (Lipinski definition) is 0. The third-order valence-corrected chi connectivity index (χ3v) is 4.82. The summed E-state index contributed by atoms with van der Waals surface area (Å²) in [4.78, 5) is 14.1. The largest absolute Gasteiger partial charge is 0.338 e. The van der Waals surface area contributed by atoms with Gasteiger partial charge in [-0.1, -0.05) is 30.0 Å². The number of thioether (sulfide) groups is 1. The van der Waals surface area contributed by atoms with Gasteiger partial charge >= 0.3 is 0 Å². The average Bonchev–Trinajstić information content (AvgIpc) is 2.92. The molecule has 1 aromatic carbocycles. The first-order valence-corrected chi connectivity index (χ1v) is 8.57. The van der Waals surface area contributed by atoms with Crippen LogP contribution >= 0.6 is 11.8 Å². The fourth-order valence-electron chi connectivity index (χ4n) is 2.22. The Kier molecular flexibility index (Phi) is 6.14. The average molecular weight is 348 g/mol. The molecule has 2 aromatic rings. The van der Waals surface area contributed by atoms with Gasteiger partial charge in [-0.25, -0.2) is 4.39 Å². The number of nitrogens with zero attached hydrogens (tertiary/aromatic N) is 4. The highest BCUT2D eigenvalue weighted by molar-refractivity contribution is 7.99. The van der Waals surface area contributed by atoms with Crippen molar-refractivity contribution in [3.63, 3.8) is 0 Å². The fourth-order valence-corrected chi connectivity index (χ4v) is 3.13. The number of amides is 1. The quantitative estimate of drug-likeness (QED) is 0.569. The monoisotopic (exact) mass is 348 g/mol. The van der Waals surface area contributed by atoms with E-state index in [-0.39, 0.29) is 23.5 Å². The molecule has 0 radical (unpaired) electrons. The summed E-state index contributed by atoms with van der Waals surface area (Å²) in [5.74, 6) is 0.741. The van der Waals surface area contributed by atoms with Crippen LogP contribution in [0.2, 0.25) is 0 Å². The van der Waals surface area contributed by atoms with Crippen LogP contribution in [0.25, 0.3) is 0 Å². The Morgan fingerprint density at radius 3 is 2.71 bits per heavy atom. The van der Waals surface area contributed by atoms with Gasteiger partial charge < -0.3 is 9.47 Å². The van der Waals surface area contributed by atoms with Gasteiger partial charge in [0.2, 0.25) is 5.91 Å². The molecular formula is C17H21FN4OS. The third kappa shape index (κ3) is 4.23. The second-order valence-electron chi connectivity index (χ2n) is 5.45. The summed E-state index contributed by atoms with van der Waals surface area (Å²) >= 11 is 1.35. The van der Waals surface area contributed by atoms with Crippen LogP contribution in [-0.4, -0.2) is 38.4 Å². The number of carbonyl (C=O) groups is 1. The van der Waals surface area contributed by atoms with Gasteiger partial charge in [-0.05, 0) is 31.5 Å². The van der Waals surface area contributed by atoms with Crippen LogP contribution < -0.4 is 0 Å². The molecule has 1 amide bonds. The number of allylic oxidation sites excluding steroid dienone is 1. The first kappa shape index (κ1) is 18.2. The molecule has 7 heteroatoms. The smallest absolute Gasteiger partial charge is 0.233 e. The van der Waals surface area contributed by atoms with E-state index in [1.54, 1.807) is 30.2 Å². The SMILES string of the molecule is C=CCn1c(C)nnc1SCC(=O)N(C)C(C)c1ccc(F)cc1. The maximum atomic E-state index is 13.0. The summed E-state index contributed by atoms with van der Waals surface area (Å²) in [6.07, 6.45) is 1.77. The van der Waals surface area contributed by atoms with Crippen molar-refractivity contribution < 1.29 is 9.18 Å². The predicted octanol–water partition coefficient (Wildman–Crippen LogP) is 3.22. The number of rotatable bonds is 7. The van der Waals surface area contributed by atoms with E-state index < -0.39 is 0 Å². The molecule has 0 aliphatic heterocycles. The Balaban J connectivity index is 1.99. The minimum atomic E-state index is -0.285. The van der Waals surface area contributed by atoms with Gasteiger partial charge in [-0.2, -0.15) is 0 Å². The standard InChI is InChI=1S/C17H21FN4OS/c1-5-10-22-13(3)19-20-17(22)24-11-16(23)21(4)12(2)14-6-8-15(18)9-7-14/h5-9,12H,1,10-11H2,2-4H3. The van der Waals surface area contributed by atoms with Crippen LogP contribution in [0.5, 0.6) is 0 Å². The molecule has 128 valence electrons. The van der Waals surface area contributed by atoms with Crippen LogP contribution in [0, 0.1) is 12.7 Å². The Labute approximate surface area is 145 Å². The molecule has 0 saturated carbocycles. The summed E-state index contributed by atoms with van der Waals surface area (Å²) in [6, 6.07) is 6.06. The van der Waals surface area contributed by atoms with E-state index in [0.717, 1.165) is 11.4 Å². The molecule has 0 bridgehead atoms. The number of hydrogen-bond acceptors (Lipinski definition) is 4. The molecule has 0 saturated heterocycles. The molecule has 0 N–H and O–H groups in total. The second kappa shape index (κ2) is 8.10. The van der Waals surface area contributed by atoms with E-state index in [4.69, 9.17) is 0 Å². The zero-order chi connectivity index (χ0) is 17.7. The summed E-state index contributed by atoms with van der Waals surface area (Å²) in [7, 11) is 1.75. The van der Waals surface area contributed by atoms with Crippen molar-refractivity contribution in [2.75, 3.05) is 12.8 Å². The van der Waals surface area contributed by atoms with E-state index in [1.807, 2.05) is 18.4 Å². The fraction of sp³-hybridized carbons (Fsp3) is 0.353. The molecule has 1 unspecified atom stereocenters. The van der Waals surface area contributed by atoms with Crippen molar-refractivity contribution in [2.24, 2.45) is 0 Å². The number of halogens is 1. The van der Waals surface area contributed by atoms with Crippen molar-refractivity contribution in [1.82, 2.24) is 19.7 Å². The molecule has 5 nitrogen and oxygen atoms in total. The maximum absolute atomic E-state index is 13.0. The van der Waals surface area contributed by atoms with Crippen LogP contribution in [-0.2, 0) is 11.3 Å². The number of carbonyl (C=O) groups excluding carboxylic acids is 1. The minimum absolute atomic E-state index is 0.0253. The molecule has 0 aliphatic carbocycles. The van der Waals surface area contributed by atoms with Crippen LogP contribution in [0.1, 0.15) is 24.4 Å². The van der Waals surface area contributed by atoms with Gasteiger partial charge in [-0.15, -0.1) is 16.8 Å². The normalized spacial score (nSPS) is 12.0. The highest BCUT2D eigenvalue weighted by Gasteiger charge is 2.19. The zero-order valence-corrected chi connectivity index (χ0v) is 14.9. The molecule has 0 fully saturated rings. The Morgan fingerprint density at radius 1 is 1.42 bits per heavy atom. The molecular weight excluding hydrogens is 327 g/mol. The lowest BCUT2D eigenvalue weighted by atomic mass is 10.1. The van der Waals surface area contributed by atoms with E-state index in [9.17, 15) is 9.18 Å². The highest BCUT2D eigenvalue weighted by Crippen LogP contribution is 2.22. The first-order chi connectivity index (χ1) is 11.4. The Bertz CT molecular complexity index is 714. The molecule has 2 rings (SSSR count). The Hall–Kier alpha value is -2.15. The minimum Gasteiger partial charge on any atom is -0.338 e. The lowest BCUT2D eigenvalue weighted by Crippen LogP contribution is -2.31. The predicted molar refractivity (Wildman–Crippen MR) is 93.3 cm³/mol. The van der Waals surface area contributed by atoms with E-state index in [1.165, 1.54) is 23.9 Å².